The molecule has 0 saturated carbocycles. The first-order valence-corrected chi connectivity index (χ1v) is 10.0. The van der Waals surface area contributed by atoms with Crippen LogP contribution in [-0.2, 0) is 9.59 Å². The predicted octanol–water partition coefficient (Wildman–Crippen LogP) is 1.84. The number of hydrogen-bond acceptors (Lipinski definition) is 8. The summed E-state index contributed by atoms with van der Waals surface area (Å²) in [5.74, 6) is -0.957. The Morgan fingerprint density at radius 3 is 2.88 bits per heavy atom. The van der Waals surface area contributed by atoms with Gasteiger partial charge < -0.3 is 10.8 Å². The number of aliphatic carboxylic acids is 1. The van der Waals surface area contributed by atoms with Crippen LogP contribution < -0.4 is 5.73 Å². The molecule has 1 saturated heterocycles. The summed E-state index contributed by atoms with van der Waals surface area (Å²) in [6, 6.07) is 3.11. The maximum atomic E-state index is 12.0. The van der Waals surface area contributed by atoms with Gasteiger partial charge in [-0.15, -0.1) is 23.1 Å². The highest BCUT2D eigenvalue weighted by molar-refractivity contribution is 8.07. The lowest BCUT2D eigenvalue weighted by Gasteiger charge is -2.47. The van der Waals surface area contributed by atoms with Crippen molar-refractivity contribution in [3.63, 3.8) is 0 Å². The van der Waals surface area contributed by atoms with Crippen LogP contribution in [0.5, 0.6) is 0 Å². The minimum atomic E-state index is -1.11. The molecular weight excluding hydrogens is 380 g/mol. The normalized spacial score (nSPS) is 22.6. The number of aromatic nitrogens is 2. The number of β-lactam (4-membered cyclic amide) rings is 1. The van der Waals surface area contributed by atoms with Gasteiger partial charge in [-0.1, -0.05) is 11.8 Å². The summed E-state index contributed by atoms with van der Waals surface area (Å²) in [5.41, 5.74) is 7.55. The zero-order valence-electron chi connectivity index (χ0n) is 12.7. The van der Waals surface area contributed by atoms with Crippen molar-refractivity contribution in [1.82, 2.24) is 14.9 Å². The molecule has 10 heteroatoms. The van der Waals surface area contributed by atoms with E-state index >= 15 is 0 Å². The summed E-state index contributed by atoms with van der Waals surface area (Å²) < 4.78 is 0.733. The molecule has 0 aliphatic carbocycles. The molecule has 1 fully saturated rings. The molecule has 0 bridgehead atoms. The topological polar surface area (TPSA) is 109 Å². The lowest BCUT2D eigenvalue weighted by Crippen LogP contribution is -2.68. The smallest absolute Gasteiger partial charge is 0.353 e. The summed E-state index contributed by atoms with van der Waals surface area (Å²) in [6.45, 7) is 0. The maximum Gasteiger partial charge on any atom is 0.353 e. The van der Waals surface area contributed by atoms with Crippen LogP contribution >= 0.6 is 34.9 Å². The molecule has 2 aliphatic heterocycles. The van der Waals surface area contributed by atoms with Gasteiger partial charge in [0.15, 0.2) is 4.34 Å². The Hall–Kier alpha value is -1.88. The molecule has 0 aromatic carbocycles. The van der Waals surface area contributed by atoms with E-state index < -0.39 is 12.0 Å². The number of thiazole rings is 1. The van der Waals surface area contributed by atoms with Gasteiger partial charge in [0.1, 0.15) is 17.1 Å². The summed E-state index contributed by atoms with van der Waals surface area (Å²) in [6.07, 6.45) is 3.40. The Balaban J connectivity index is 1.62. The molecule has 0 unspecified atom stereocenters. The molecule has 3 N–H and O–H groups in total. The van der Waals surface area contributed by atoms with Gasteiger partial charge >= 0.3 is 5.97 Å². The largest absolute Gasteiger partial charge is 0.477 e. The minimum absolute atomic E-state index is 0.0288. The zero-order chi connectivity index (χ0) is 17.6. The van der Waals surface area contributed by atoms with Crippen LogP contribution in [0.15, 0.2) is 44.8 Å². The van der Waals surface area contributed by atoms with Gasteiger partial charge in [-0.05, 0) is 12.1 Å². The lowest BCUT2D eigenvalue weighted by molar-refractivity contribution is -0.147. The van der Waals surface area contributed by atoms with Gasteiger partial charge in [0, 0.05) is 34.0 Å². The Morgan fingerprint density at radius 1 is 1.40 bits per heavy atom. The molecule has 1 amide bonds. The van der Waals surface area contributed by atoms with E-state index in [0.29, 0.717) is 10.7 Å². The monoisotopic (exact) mass is 392 g/mol. The quantitative estimate of drug-likeness (QED) is 0.759. The van der Waals surface area contributed by atoms with E-state index in [9.17, 15) is 14.7 Å². The number of carboxylic acid groups (broad SMARTS) is 1. The summed E-state index contributed by atoms with van der Waals surface area (Å²) >= 11 is 4.22. The van der Waals surface area contributed by atoms with Crippen LogP contribution in [0.3, 0.4) is 0 Å². The Labute approximate surface area is 155 Å². The summed E-state index contributed by atoms with van der Waals surface area (Å²) in [5, 5.41) is 11.2. The third-order valence-corrected chi connectivity index (χ3v) is 7.35. The molecule has 2 aromatic heterocycles. The number of carbonyl (C=O) groups is 2. The van der Waals surface area contributed by atoms with E-state index in [0.717, 1.165) is 15.6 Å². The first-order chi connectivity index (χ1) is 12.1. The molecule has 25 heavy (non-hydrogen) atoms. The fourth-order valence-electron chi connectivity index (χ4n) is 2.63. The van der Waals surface area contributed by atoms with Crippen LogP contribution in [0.4, 0.5) is 0 Å². The molecule has 2 aromatic rings. The molecule has 0 spiro atoms. The van der Waals surface area contributed by atoms with Crippen LogP contribution in [0, 0.1) is 0 Å². The molecule has 0 radical (unpaired) electrons. The predicted molar refractivity (Wildman–Crippen MR) is 96.9 cm³/mol. The molecule has 4 rings (SSSR count). The van der Waals surface area contributed by atoms with E-state index in [1.807, 2.05) is 17.5 Å². The number of fused-ring (bicyclic) bond motifs is 1. The van der Waals surface area contributed by atoms with Crippen molar-refractivity contribution in [2.24, 2.45) is 5.73 Å². The number of nitrogens with zero attached hydrogens (tertiary/aromatic N) is 3. The standard InChI is InChI=1S/C15H12N4O3S3/c16-10-12(20)19-11(14(21)22)9(6-23-13(10)19)25-15-18-8(5-24-15)7-1-3-17-4-2-7/h1-5,10,13H,6,16H2,(H,21,22)/t10-,13-/m1/s1. The second-order valence-electron chi connectivity index (χ2n) is 5.35. The van der Waals surface area contributed by atoms with E-state index in [4.69, 9.17) is 5.73 Å². The number of hydrogen-bond donors (Lipinski definition) is 2. The number of thioether (sulfide) groups is 2. The first kappa shape index (κ1) is 16.6. The highest BCUT2D eigenvalue weighted by atomic mass is 32.2. The second-order valence-corrected chi connectivity index (χ2v) is 8.65. The fraction of sp³-hybridized carbons (Fsp3) is 0.200. The zero-order valence-corrected chi connectivity index (χ0v) is 15.1. The summed E-state index contributed by atoms with van der Waals surface area (Å²) in [7, 11) is 0. The van der Waals surface area contributed by atoms with Crippen molar-refractivity contribution in [2.45, 2.75) is 15.8 Å². The lowest BCUT2D eigenvalue weighted by atomic mass is 10.1. The van der Waals surface area contributed by atoms with Gasteiger partial charge in [-0.25, -0.2) is 9.78 Å². The minimum Gasteiger partial charge on any atom is -0.477 e. The third-order valence-electron chi connectivity index (χ3n) is 3.85. The SMILES string of the molecule is N[C@@H]1C(=O)N2C(C(=O)O)=C(Sc3nc(-c4ccncc4)cs3)CS[C@H]12. The van der Waals surface area contributed by atoms with E-state index in [1.165, 1.54) is 39.8 Å². The van der Waals surface area contributed by atoms with Gasteiger partial charge in [-0.3, -0.25) is 14.7 Å². The number of amides is 1. The Morgan fingerprint density at radius 2 is 2.16 bits per heavy atom. The van der Waals surface area contributed by atoms with E-state index in [2.05, 4.69) is 9.97 Å². The summed E-state index contributed by atoms with van der Waals surface area (Å²) in [4.78, 5) is 34.1. The van der Waals surface area contributed by atoms with E-state index in [1.54, 1.807) is 12.4 Å². The third kappa shape index (κ3) is 2.84. The number of nitrogens with two attached hydrogens (primary N) is 1. The second kappa shape index (κ2) is 6.45. The average Bonchev–Trinajstić information content (AvgIpc) is 3.09. The molecule has 2 aliphatic rings. The average molecular weight is 392 g/mol. The van der Waals surface area contributed by atoms with Crippen molar-refractivity contribution in [3.8, 4) is 11.3 Å². The highest BCUT2D eigenvalue weighted by Gasteiger charge is 2.52. The van der Waals surface area contributed by atoms with Crippen molar-refractivity contribution >= 4 is 46.7 Å². The van der Waals surface area contributed by atoms with Crippen molar-refractivity contribution in [3.05, 3.63) is 40.5 Å². The Kier molecular flexibility index (Phi) is 4.28. The number of carbonyl (C=O) groups excluding carboxylic acids is 1. The van der Waals surface area contributed by atoms with Gasteiger partial charge in [0.25, 0.3) is 0 Å². The number of carboxylic acids is 1. The van der Waals surface area contributed by atoms with Crippen molar-refractivity contribution in [1.29, 1.82) is 0 Å². The molecular formula is C15H12N4O3S3. The Bertz CT molecular complexity index is 883. The van der Waals surface area contributed by atoms with Crippen LogP contribution in [0.1, 0.15) is 0 Å². The van der Waals surface area contributed by atoms with Crippen LogP contribution in [0.2, 0.25) is 0 Å². The maximum absolute atomic E-state index is 12.0. The molecule has 2 atom stereocenters. The van der Waals surface area contributed by atoms with Crippen LogP contribution in [-0.4, -0.2) is 49.0 Å². The van der Waals surface area contributed by atoms with Gasteiger partial charge in [0.05, 0.1) is 5.69 Å². The fourth-order valence-corrected chi connectivity index (χ4v) is 6.04. The highest BCUT2D eigenvalue weighted by Crippen LogP contribution is 2.45. The van der Waals surface area contributed by atoms with Crippen molar-refractivity contribution in [2.75, 3.05) is 5.75 Å². The number of pyridine rings is 1. The first-order valence-electron chi connectivity index (χ1n) is 7.26. The van der Waals surface area contributed by atoms with Gasteiger partial charge in [0.2, 0.25) is 5.91 Å². The van der Waals surface area contributed by atoms with Gasteiger partial charge in [-0.2, -0.15) is 0 Å². The molecule has 7 nitrogen and oxygen atoms in total. The molecule has 128 valence electrons. The molecule has 4 heterocycles. The van der Waals surface area contributed by atoms with Crippen molar-refractivity contribution < 1.29 is 14.7 Å². The van der Waals surface area contributed by atoms with E-state index in [-0.39, 0.29) is 17.0 Å². The van der Waals surface area contributed by atoms with Crippen LogP contribution in [0.25, 0.3) is 11.3 Å². The number of rotatable bonds is 4.